The Labute approximate surface area is 158 Å². The van der Waals surface area contributed by atoms with Crippen molar-refractivity contribution in [2.75, 3.05) is 33.4 Å². The van der Waals surface area contributed by atoms with Crippen LogP contribution in [0.1, 0.15) is 15.9 Å². The van der Waals surface area contributed by atoms with Gasteiger partial charge in [0.05, 0.1) is 25.2 Å². The molecule has 0 radical (unpaired) electrons. The van der Waals surface area contributed by atoms with E-state index in [-0.39, 0.29) is 10.8 Å². The third-order valence-electron chi connectivity index (χ3n) is 4.32. The highest BCUT2D eigenvalue weighted by atomic mass is 32.2. The van der Waals surface area contributed by atoms with Crippen LogP contribution >= 0.6 is 0 Å². The number of hydrogen-bond donors (Lipinski definition) is 1. The first-order valence-electron chi connectivity index (χ1n) is 8.60. The number of amides is 1. The van der Waals surface area contributed by atoms with Gasteiger partial charge in [-0.3, -0.25) is 4.79 Å². The SMILES string of the molecule is COc1ccc(CNC(=O)c2cccc(S(=O)(=O)N3CCOCC3)c2)cc1. The standard InChI is InChI=1S/C19H22N2O5S/c1-25-17-7-5-15(6-8-17)14-20-19(22)16-3-2-4-18(13-16)27(23,24)21-9-11-26-12-10-21/h2-8,13H,9-12,14H2,1H3,(H,20,22). The van der Waals surface area contributed by atoms with Gasteiger partial charge in [0.25, 0.3) is 5.91 Å². The van der Waals surface area contributed by atoms with Crippen LogP contribution in [0.15, 0.2) is 53.4 Å². The van der Waals surface area contributed by atoms with E-state index in [0.717, 1.165) is 11.3 Å². The first kappa shape index (κ1) is 19.3. The van der Waals surface area contributed by atoms with Gasteiger partial charge < -0.3 is 14.8 Å². The maximum Gasteiger partial charge on any atom is 0.251 e. The molecular weight excluding hydrogens is 368 g/mol. The minimum absolute atomic E-state index is 0.112. The van der Waals surface area contributed by atoms with E-state index in [4.69, 9.17) is 9.47 Å². The Morgan fingerprint density at radius 2 is 1.85 bits per heavy atom. The minimum Gasteiger partial charge on any atom is -0.497 e. The molecule has 144 valence electrons. The van der Waals surface area contributed by atoms with E-state index in [1.807, 2.05) is 24.3 Å². The summed E-state index contributed by atoms with van der Waals surface area (Å²) < 4.78 is 37.1. The predicted molar refractivity (Wildman–Crippen MR) is 100 cm³/mol. The van der Waals surface area contributed by atoms with Crippen LogP contribution in [-0.4, -0.2) is 52.0 Å². The Balaban J connectivity index is 1.69. The van der Waals surface area contributed by atoms with Gasteiger partial charge in [0.15, 0.2) is 0 Å². The van der Waals surface area contributed by atoms with Crippen molar-refractivity contribution in [3.05, 3.63) is 59.7 Å². The highest BCUT2D eigenvalue weighted by molar-refractivity contribution is 7.89. The second-order valence-corrected chi connectivity index (χ2v) is 8.01. The van der Waals surface area contributed by atoms with Gasteiger partial charge in [-0.25, -0.2) is 8.42 Å². The first-order chi connectivity index (χ1) is 13.0. The second kappa shape index (κ2) is 8.51. The summed E-state index contributed by atoms with van der Waals surface area (Å²) in [5, 5.41) is 2.80. The Hall–Kier alpha value is -2.42. The molecule has 2 aromatic rings. The van der Waals surface area contributed by atoms with E-state index in [1.165, 1.54) is 16.4 Å². The number of carbonyl (C=O) groups excluding carboxylic acids is 1. The number of ether oxygens (including phenoxy) is 2. The second-order valence-electron chi connectivity index (χ2n) is 6.08. The number of hydrogen-bond acceptors (Lipinski definition) is 5. The summed E-state index contributed by atoms with van der Waals surface area (Å²) in [6.07, 6.45) is 0. The van der Waals surface area contributed by atoms with Crippen LogP contribution in [0.5, 0.6) is 5.75 Å². The van der Waals surface area contributed by atoms with Gasteiger partial charge in [-0.15, -0.1) is 0 Å². The molecule has 0 atom stereocenters. The largest absolute Gasteiger partial charge is 0.497 e. The molecule has 1 heterocycles. The van der Waals surface area contributed by atoms with E-state index in [1.54, 1.807) is 19.2 Å². The molecule has 0 aliphatic carbocycles. The number of benzene rings is 2. The van der Waals surface area contributed by atoms with E-state index >= 15 is 0 Å². The van der Waals surface area contributed by atoms with Gasteiger partial charge in [0.2, 0.25) is 10.0 Å². The molecule has 3 rings (SSSR count). The number of carbonyl (C=O) groups is 1. The number of morpholine rings is 1. The Morgan fingerprint density at radius 3 is 2.52 bits per heavy atom. The van der Waals surface area contributed by atoms with Crippen LogP contribution < -0.4 is 10.1 Å². The highest BCUT2D eigenvalue weighted by Gasteiger charge is 2.26. The highest BCUT2D eigenvalue weighted by Crippen LogP contribution is 2.18. The van der Waals surface area contributed by atoms with Gasteiger partial charge >= 0.3 is 0 Å². The zero-order chi connectivity index (χ0) is 19.3. The van der Waals surface area contributed by atoms with Crippen LogP contribution in [0.4, 0.5) is 0 Å². The summed E-state index contributed by atoms with van der Waals surface area (Å²) in [6.45, 7) is 1.72. The molecule has 2 aromatic carbocycles. The average molecular weight is 390 g/mol. The molecule has 1 fully saturated rings. The molecule has 27 heavy (non-hydrogen) atoms. The maximum atomic E-state index is 12.7. The van der Waals surface area contributed by atoms with Crippen molar-refractivity contribution >= 4 is 15.9 Å². The van der Waals surface area contributed by atoms with Crippen LogP contribution in [0, 0.1) is 0 Å². The lowest BCUT2D eigenvalue weighted by atomic mass is 10.2. The lowest BCUT2D eigenvalue weighted by Crippen LogP contribution is -2.40. The molecule has 0 bridgehead atoms. The number of nitrogens with zero attached hydrogens (tertiary/aromatic N) is 1. The predicted octanol–water partition coefficient (Wildman–Crippen LogP) is 1.65. The molecule has 0 aromatic heterocycles. The normalized spacial score (nSPS) is 15.3. The average Bonchev–Trinajstić information content (AvgIpc) is 2.73. The van der Waals surface area contributed by atoms with Gasteiger partial charge in [0.1, 0.15) is 5.75 Å². The van der Waals surface area contributed by atoms with Crippen LogP contribution in [0.2, 0.25) is 0 Å². The number of sulfonamides is 1. The van der Waals surface area contributed by atoms with Crippen molar-refractivity contribution < 1.29 is 22.7 Å². The molecule has 1 amide bonds. The summed E-state index contributed by atoms with van der Waals surface area (Å²) in [7, 11) is -2.04. The molecule has 7 nitrogen and oxygen atoms in total. The first-order valence-corrected chi connectivity index (χ1v) is 10.0. The van der Waals surface area contributed by atoms with Gasteiger partial charge in [-0.05, 0) is 35.9 Å². The molecule has 1 aliphatic rings. The number of nitrogens with one attached hydrogen (secondary N) is 1. The van der Waals surface area contributed by atoms with Gasteiger partial charge in [-0.2, -0.15) is 4.31 Å². The molecule has 8 heteroatoms. The molecule has 1 saturated heterocycles. The molecule has 1 aliphatic heterocycles. The Morgan fingerprint density at radius 1 is 1.15 bits per heavy atom. The summed E-state index contributed by atoms with van der Waals surface area (Å²) in [5.74, 6) is 0.413. The molecular formula is C19H22N2O5S. The van der Waals surface area contributed by atoms with E-state index in [2.05, 4.69) is 5.32 Å². The quantitative estimate of drug-likeness (QED) is 0.811. The van der Waals surface area contributed by atoms with Gasteiger partial charge in [-0.1, -0.05) is 18.2 Å². The lowest BCUT2D eigenvalue weighted by molar-refractivity contribution is 0.0730. The Kier molecular flexibility index (Phi) is 6.10. The summed E-state index contributed by atoms with van der Waals surface area (Å²) >= 11 is 0. The molecule has 0 saturated carbocycles. The van der Waals surface area contributed by atoms with Crippen molar-refractivity contribution in [1.29, 1.82) is 0 Å². The van der Waals surface area contributed by atoms with Crippen LogP contribution in [0.3, 0.4) is 0 Å². The monoisotopic (exact) mass is 390 g/mol. The van der Waals surface area contributed by atoms with Crippen molar-refractivity contribution in [2.45, 2.75) is 11.4 Å². The topological polar surface area (TPSA) is 84.9 Å². The van der Waals surface area contributed by atoms with Crippen molar-refractivity contribution in [3.63, 3.8) is 0 Å². The summed E-state index contributed by atoms with van der Waals surface area (Å²) in [4.78, 5) is 12.5. The zero-order valence-electron chi connectivity index (χ0n) is 15.1. The molecule has 1 N–H and O–H groups in total. The van der Waals surface area contributed by atoms with Gasteiger partial charge in [0, 0.05) is 25.2 Å². The van der Waals surface area contributed by atoms with Crippen molar-refractivity contribution in [3.8, 4) is 5.75 Å². The van der Waals surface area contributed by atoms with Crippen molar-refractivity contribution in [2.24, 2.45) is 0 Å². The smallest absolute Gasteiger partial charge is 0.251 e. The molecule has 0 unspecified atom stereocenters. The van der Waals surface area contributed by atoms with E-state index in [9.17, 15) is 13.2 Å². The van der Waals surface area contributed by atoms with Crippen molar-refractivity contribution in [1.82, 2.24) is 9.62 Å². The fraction of sp³-hybridized carbons (Fsp3) is 0.316. The summed E-state index contributed by atoms with van der Waals surface area (Å²) in [5.41, 5.74) is 1.22. The zero-order valence-corrected chi connectivity index (χ0v) is 15.9. The fourth-order valence-electron chi connectivity index (χ4n) is 2.76. The molecule has 0 spiro atoms. The Bertz CT molecular complexity index is 891. The third-order valence-corrected chi connectivity index (χ3v) is 6.21. The number of rotatable bonds is 6. The van der Waals surface area contributed by atoms with Crippen LogP contribution in [-0.2, 0) is 21.3 Å². The lowest BCUT2D eigenvalue weighted by Gasteiger charge is -2.26. The fourth-order valence-corrected chi connectivity index (χ4v) is 4.22. The van der Waals surface area contributed by atoms with E-state index in [0.29, 0.717) is 38.4 Å². The summed E-state index contributed by atoms with van der Waals surface area (Å²) in [6, 6.07) is 13.4. The van der Waals surface area contributed by atoms with E-state index < -0.39 is 10.0 Å². The number of methoxy groups -OCH3 is 1. The maximum absolute atomic E-state index is 12.7. The third kappa shape index (κ3) is 4.65. The minimum atomic E-state index is -3.63. The van der Waals surface area contributed by atoms with Crippen LogP contribution in [0.25, 0.3) is 0 Å².